The first-order valence-corrected chi connectivity index (χ1v) is 7.62. The van der Waals surface area contributed by atoms with Crippen molar-refractivity contribution in [2.75, 3.05) is 52.8 Å². The molecule has 0 aliphatic heterocycles. The van der Waals surface area contributed by atoms with Gasteiger partial charge in [0.05, 0.1) is 19.4 Å². The molecule has 2 N–H and O–H groups in total. The van der Waals surface area contributed by atoms with E-state index in [1.807, 2.05) is 6.92 Å². The van der Waals surface area contributed by atoms with Gasteiger partial charge in [-0.25, -0.2) is 0 Å². The van der Waals surface area contributed by atoms with Gasteiger partial charge in [0.25, 0.3) is 0 Å². The number of rotatable bonds is 12. The molecule has 0 rings (SSSR count). The first kappa shape index (κ1) is 17.0. The van der Waals surface area contributed by atoms with Crippen LogP contribution in [0.3, 0.4) is 0 Å². The van der Waals surface area contributed by atoms with Gasteiger partial charge in [0.15, 0.2) is 0 Å². The van der Waals surface area contributed by atoms with Crippen molar-refractivity contribution >= 4 is 7.60 Å². The summed E-state index contributed by atoms with van der Waals surface area (Å²) in [5.74, 6) is 0. The molecule has 0 saturated carbocycles. The minimum atomic E-state index is -3.41. The van der Waals surface area contributed by atoms with Crippen LogP contribution in [-0.2, 0) is 18.6 Å². The van der Waals surface area contributed by atoms with Crippen LogP contribution in [0.5, 0.6) is 0 Å². The smallest absolute Gasteiger partial charge is 0.330 e. The van der Waals surface area contributed by atoms with Gasteiger partial charge in [-0.3, -0.25) is 4.57 Å². The molecule has 0 aromatic carbocycles. The molecule has 0 amide bonds. The normalized spacial score (nSPS) is 14.8. The van der Waals surface area contributed by atoms with Gasteiger partial charge in [-0.2, -0.15) is 0 Å². The van der Waals surface area contributed by atoms with Crippen molar-refractivity contribution in [3.8, 4) is 0 Å². The summed E-state index contributed by atoms with van der Waals surface area (Å²) in [5, 5.41) is 3.19. The highest BCUT2D eigenvalue weighted by Gasteiger charge is 2.15. The third-order valence-corrected chi connectivity index (χ3v) is 3.39. The average Bonchev–Trinajstić information content (AvgIpc) is 2.31. The van der Waals surface area contributed by atoms with Crippen LogP contribution in [0, 0.1) is 0 Å². The van der Waals surface area contributed by atoms with E-state index in [0.717, 1.165) is 32.7 Å². The molecule has 0 radical (unpaired) electrons. The van der Waals surface area contributed by atoms with Gasteiger partial charge < -0.3 is 24.2 Å². The van der Waals surface area contributed by atoms with Crippen molar-refractivity contribution in [2.45, 2.75) is 13.3 Å². The van der Waals surface area contributed by atoms with E-state index in [2.05, 4.69) is 9.84 Å². The van der Waals surface area contributed by atoms with E-state index in [1.54, 1.807) is 0 Å². The Kier molecular flexibility index (Phi) is 11.2. The van der Waals surface area contributed by atoms with E-state index < -0.39 is 7.60 Å². The summed E-state index contributed by atoms with van der Waals surface area (Å²) in [6.07, 6.45) is 1.01. The zero-order chi connectivity index (χ0) is 13.0. The zero-order valence-corrected chi connectivity index (χ0v) is 11.6. The van der Waals surface area contributed by atoms with E-state index in [-0.39, 0.29) is 12.8 Å². The van der Waals surface area contributed by atoms with Crippen LogP contribution < -0.4 is 5.32 Å². The maximum Gasteiger partial charge on any atom is 0.330 e. The molecule has 1 unspecified atom stereocenters. The van der Waals surface area contributed by atoms with Gasteiger partial charge in [-0.15, -0.1) is 0 Å². The van der Waals surface area contributed by atoms with Gasteiger partial charge in [-0.05, 0) is 19.9 Å². The predicted octanol–water partition coefficient (Wildman–Crippen LogP) is 0.851. The third kappa shape index (κ3) is 12.3. The van der Waals surface area contributed by atoms with Crippen molar-refractivity contribution in [3.63, 3.8) is 0 Å². The summed E-state index contributed by atoms with van der Waals surface area (Å²) >= 11 is 0. The van der Waals surface area contributed by atoms with E-state index in [4.69, 9.17) is 14.4 Å². The predicted molar refractivity (Wildman–Crippen MR) is 66.5 cm³/mol. The van der Waals surface area contributed by atoms with Crippen LogP contribution in [-0.4, -0.2) is 57.7 Å². The Morgan fingerprint density at radius 2 is 1.94 bits per heavy atom. The van der Waals surface area contributed by atoms with Crippen LogP contribution in [0.15, 0.2) is 0 Å². The Labute approximate surface area is 103 Å². The van der Waals surface area contributed by atoms with E-state index >= 15 is 0 Å². The number of nitrogens with one attached hydrogen (secondary N) is 1. The summed E-state index contributed by atoms with van der Waals surface area (Å²) in [7, 11) is -2.19. The topological polar surface area (TPSA) is 77.0 Å². The van der Waals surface area contributed by atoms with Gasteiger partial charge in [-0.1, -0.05) is 0 Å². The Morgan fingerprint density at radius 3 is 2.59 bits per heavy atom. The summed E-state index contributed by atoms with van der Waals surface area (Å²) < 4.78 is 25.8. The summed E-state index contributed by atoms with van der Waals surface area (Å²) in [6, 6.07) is 0. The molecule has 6 nitrogen and oxygen atoms in total. The molecule has 0 fully saturated rings. The average molecular weight is 269 g/mol. The van der Waals surface area contributed by atoms with Crippen molar-refractivity contribution in [1.29, 1.82) is 0 Å². The third-order valence-electron chi connectivity index (χ3n) is 2.07. The molecule has 0 bridgehead atoms. The highest BCUT2D eigenvalue weighted by Crippen LogP contribution is 2.39. The molecule has 104 valence electrons. The summed E-state index contributed by atoms with van der Waals surface area (Å²) in [4.78, 5) is 9.07. The molecule has 0 aromatic rings. The number of hydrogen-bond acceptors (Lipinski definition) is 5. The van der Waals surface area contributed by atoms with Gasteiger partial charge in [0, 0.05) is 26.9 Å². The Balaban J connectivity index is 3.11. The van der Waals surface area contributed by atoms with E-state index in [0.29, 0.717) is 6.61 Å². The van der Waals surface area contributed by atoms with E-state index in [1.165, 1.54) is 7.11 Å². The van der Waals surface area contributed by atoms with E-state index in [9.17, 15) is 4.57 Å². The highest BCUT2D eigenvalue weighted by atomic mass is 31.2. The molecule has 0 saturated heterocycles. The van der Waals surface area contributed by atoms with Crippen LogP contribution in [0.2, 0.25) is 0 Å². The SMILES string of the molecule is CCOCCCNCCOCCP(=O)(O)OC. The Hall–Kier alpha value is 0.0300. The van der Waals surface area contributed by atoms with Crippen molar-refractivity contribution in [3.05, 3.63) is 0 Å². The lowest BCUT2D eigenvalue weighted by Gasteiger charge is -2.09. The fourth-order valence-electron chi connectivity index (χ4n) is 1.09. The monoisotopic (exact) mass is 269 g/mol. The molecular weight excluding hydrogens is 245 g/mol. The van der Waals surface area contributed by atoms with Crippen LogP contribution in [0.1, 0.15) is 13.3 Å². The molecule has 0 aliphatic rings. The van der Waals surface area contributed by atoms with Gasteiger partial charge >= 0.3 is 7.60 Å². The van der Waals surface area contributed by atoms with Crippen molar-refractivity contribution < 1.29 is 23.5 Å². The Bertz CT molecular complexity index is 215. The highest BCUT2D eigenvalue weighted by molar-refractivity contribution is 7.52. The molecule has 0 heterocycles. The first-order chi connectivity index (χ1) is 8.12. The lowest BCUT2D eigenvalue weighted by molar-refractivity contribution is 0.136. The van der Waals surface area contributed by atoms with Crippen molar-refractivity contribution in [1.82, 2.24) is 5.32 Å². The number of ether oxygens (including phenoxy) is 2. The summed E-state index contributed by atoms with van der Waals surface area (Å²) in [5.41, 5.74) is 0. The minimum Gasteiger partial charge on any atom is -0.382 e. The fourth-order valence-corrected chi connectivity index (χ4v) is 1.63. The van der Waals surface area contributed by atoms with Crippen LogP contribution >= 0.6 is 7.60 Å². The second kappa shape index (κ2) is 11.1. The molecule has 0 aliphatic carbocycles. The molecule has 7 heteroatoms. The lowest BCUT2D eigenvalue weighted by atomic mass is 10.4. The standard InChI is InChI=1S/C10H24NO5P/c1-3-15-7-4-5-11-6-8-16-9-10-17(12,13)14-2/h11H,3-10H2,1-2H3,(H,12,13). The van der Waals surface area contributed by atoms with Crippen LogP contribution in [0.25, 0.3) is 0 Å². The second-order valence-electron chi connectivity index (χ2n) is 3.46. The molecular formula is C10H24NO5P. The minimum absolute atomic E-state index is 0.0356. The fraction of sp³-hybridized carbons (Fsp3) is 1.00. The quantitative estimate of drug-likeness (QED) is 0.404. The first-order valence-electron chi connectivity index (χ1n) is 5.86. The number of hydrogen-bond donors (Lipinski definition) is 2. The van der Waals surface area contributed by atoms with Crippen LogP contribution in [0.4, 0.5) is 0 Å². The lowest BCUT2D eigenvalue weighted by Crippen LogP contribution is -2.22. The largest absolute Gasteiger partial charge is 0.382 e. The van der Waals surface area contributed by atoms with Crippen molar-refractivity contribution in [2.24, 2.45) is 0 Å². The maximum atomic E-state index is 11.0. The molecule has 1 atom stereocenters. The summed E-state index contributed by atoms with van der Waals surface area (Å²) in [6.45, 7) is 5.88. The second-order valence-corrected chi connectivity index (χ2v) is 5.54. The maximum absolute atomic E-state index is 11.0. The zero-order valence-electron chi connectivity index (χ0n) is 10.7. The molecule has 0 aromatic heterocycles. The molecule has 17 heavy (non-hydrogen) atoms. The van der Waals surface area contributed by atoms with Gasteiger partial charge in [0.2, 0.25) is 0 Å². The van der Waals surface area contributed by atoms with Gasteiger partial charge in [0.1, 0.15) is 0 Å². The Morgan fingerprint density at radius 1 is 1.18 bits per heavy atom. The molecule has 0 spiro atoms.